The van der Waals surface area contributed by atoms with Crippen LogP contribution in [0.3, 0.4) is 0 Å². The second-order valence-corrected chi connectivity index (χ2v) is 9.53. The molecule has 6 rings (SSSR count). The number of esters is 1. The molecule has 0 unspecified atom stereocenters. The fourth-order valence-corrected chi connectivity index (χ4v) is 4.85. The molecule has 0 bridgehead atoms. The standard InChI is InChI=1S/C29H27N5O3/c1-3-37-29(36)25-14-18(2)32-34(25)22-12-8-19(9-13-22)17-33-26(35)15-21-16-30-27(31-28(21)33)24-7-5-4-6-23(24)20-10-11-20/h4-9,12-14,16,20H,3,10-11,15,17H2,1-2H3. The van der Waals surface area contributed by atoms with Crippen LogP contribution in [0, 0.1) is 6.92 Å². The topological polar surface area (TPSA) is 90.2 Å². The zero-order valence-corrected chi connectivity index (χ0v) is 20.8. The molecule has 0 N–H and O–H groups in total. The number of fused-ring (bicyclic) bond motifs is 1. The molecule has 2 aromatic heterocycles. The van der Waals surface area contributed by atoms with Crippen molar-refractivity contribution < 1.29 is 14.3 Å². The Morgan fingerprint density at radius 2 is 1.89 bits per heavy atom. The van der Waals surface area contributed by atoms with E-state index in [1.165, 1.54) is 18.4 Å². The van der Waals surface area contributed by atoms with Crippen molar-refractivity contribution >= 4 is 17.7 Å². The van der Waals surface area contributed by atoms with Crippen molar-refractivity contribution in [3.8, 4) is 17.1 Å². The van der Waals surface area contributed by atoms with Gasteiger partial charge in [-0.25, -0.2) is 19.4 Å². The molecule has 1 aliphatic heterocycles. The summed E-state index contributed by atoms with van der Waals surface area (Å²) in [5, 5.41) is 4.46. The van der Waals surface area contributed by atoms with Crippen LogP contribution in [-0.4, -0.2) is 38.2 Å². The van der Waals surface area contributed by atoms with E-state index in [2.05, 4.69) is 28.3 Å². The summed E-state index contributed by atoms with van der Waals surface area (Å²) in [6, 6.07) is 17.7. The van der Waals surface area contributed by atoms with Crippen molar-refractivity contribution in [3.63, 3.8) is 0 Å². The SMILES string of the molecule is CCOC(=O)c1cc(C)nn1-c1ccc(CN2C(=O)Cc3cnc(-c4ccccc4C4CC4)nc32)cc1. The Kier molecular flexibility index (Phi) is 5.79. The highest BCUT2D eigenvalue weighted by atomic mass is 16.5. The fourth-order valence-electron chi connectivity index (χ4n) is 4.85. The number of amides is 1. The number of carbonyl (C=O) groups is 2. The molecule has 8 nitrogen and oxygen atoms in total. The van der Waals surface area contributed by atoms with Crippen LogP contribution in [0.15, 0.2) is 60.8 Å². The van der Waals surface area contributed by atoms with Gasteiger partial charge in [-0.2, -0.15) is 5.10 Å². The second kappa shape index (κ2) is 9.28. The van der Waals surface area contributed by atoms with Crippen LogP contribution >= 0.6 is 0 Å². The van der Waals surface area contributed by atoms with Crippen molar-refractivity contribution in [2.45, 2.75) is 45.6 Å². The number of aromatic nitrogens is 4. The lowest BCUT2D eigenvalue weighted by Gasteiger charge is -2.18. The molecular formula is C29H27N5O3. The van der Waals surface area contributed by atoms with Gasteiger partial charge in [-0.3, -0.25) is 9.69 Å². The minimum atomic E-state index is -0.412. The van der Waals surface area contributed by atoms with Gasteiger partial charge in [0.05, 0.1) is 31.0 Å². The molecule has 1 saturated carbocycles. The molecule has 1 amide bonds. The van der Waals surface area contributed by atoms with Gasteiger partial charge in [-0.05, 0) is 61.9 Å². The molecule has 8 heteroatoms. The van der Waals surface area contributed by atoms with E-state index in [0.717, 1.165) is 28.1 Å². The number of nitrogens with zero attached hydrogens (tertiary/aromatic N) is 5. The molecule has 4 aromatic rings. The minimum Gasteiger partial charge on any atom is -0.461 e. The third kappa shape index (κ3) is 4.39. The molecule has 1 fully saturated rings. The Bertz CT molecular complexity index is 1500. The first kappa shape index (κ1) is 23.1. The predicted octanol–water partition coefficient (Wildman–Crippen LogP) is 4.78. The third-order valence-electron chi connectivity index (χ3n) is 6.80. The molecule has 0 atom stereocenters. The van der Waals surface area contributed by atoms with Crippen molar-refractivity contribution in [3.05, 3.63) is 88.9 Å². The van der Waals surface area contributed by atoms with E-state index in [1.807, 2.05) is 37.3 Å². The average molecular weight is 494 g/mol. The first-order valence-electron chi connectivity index (χ1n) is 12.6. The predicted molar refractivity (Wildman–Crippen MR) is 139 cm³/mol. The summed E-state index contributed by atoms with van der Waals surface area (Å²) >= 11 is 0. The van der Waals surface area contributed by atoms with E-state index >= 15 is 0 Å². The number of aryl methyl sites for hydroxylation is 1. The molecule has 3 heterocycles. The van der Waals surface area contributed by atoms with Crippen LogP contribution in [0.2, 0.25) is 0 Å². The maximum Gasteiger partial charge on any atom is 0.357 e. The molecule has 0 radical (unpaired) electrons. The molecule has 0 saturated heterocycles. The number of hydrogen-bond acceptors (Lipinski definition) is 6. The number of hydrogen-bond donors (Lipinski definition) is 0. The maximum absolute atomic E-state index is 12.9. The summed E-state index contributed by atoms with van der Waals surface area (Å²) in [6.07, 6.45) is 4.48. The van der Waals surface area contributed by atoms with Gasteiger partial charge >= 0.3 is 5.97 Å². The highest BCUT2D eigenvalue weighted by molar-refractivity contribution is 6.00. The number of carbonyl (C=O) groups excluding carboxylic acids is 2. The molecule has 2 aromatic carbocycles. The zero-order valence-electron chi connectivity index (χ0n) is 20.8. The first-order chi connectivity index (χ1) is 18.0. The van der Waals surface area contributed by atoms with Gasteiger partial charge in [0.2, 0.25) is 5.91 Å². The van der Waals surface area contributed by atoms with Crippen molar-refractivity contribution in [1.82, 2.24) is 19.7 Å². The normalized spacial score (nSPS) is 14.6. The van der Waals surface area contributed by atoms with E-state index in [-0.39, 0.29) is 5.91 Å². The van der Waals surface area contributed by atoms with Crippen LogP contribution < -0.4 is 4.90 Å². The highest BCUT2D eigenvalue weighted by Crippen LogP contribution is 2.44. The van der Waals surface area contributed by atoms with Gasteiger partial charge in [0.1, 0.15) is 5.82 Å². The van der Waals surface area contributed by atoms with E-state index < -0.39 is 5.97 Å². The summed E-state index contributed by atoms with van der Waals surface area (Å²) in [7, 11) is 0. The van der Waals surface area contributed by atoms with E-state index in [9.17, 15) is 9.59 Å². The molecule has 186 valence electrons. The fraction of sp³-hybridized carbons (Fsp3) is 0.276. The summed E-state index contributed by atoms with van der Waals surface area (Å²) < 4.78 is 6.76. The number of benzene rings is 2. The van der Waals surface area contributed by atoms with Crippen molar-refractivity contribution in [2.24, 2.45) is 0 Å². The van der Waals surface area contributed by atoms with Crippen molar-refractivity contribution in [2.75, 3.05) is 11.5 Å². The molecule has 1 aliphatic carbocycles. The number of rotatable bonds is 7. The largest absolute Gasteiger partial charge is 0.461 e. The summed E-state index contributed by atoms with van der Waals surface area (Å²) in [6.45, 7) is 4.31. The molecule has 37 heavy (non-hydrogen) atoms. The first-order valence-corrected chi connectivity index (χ1v) is 12.6. The maximum atomic E-state index is 12.9. The van der Waals surface area contributed by atoms with Crippen LogP contribution in [-0.2, 0) is 22.5 Å². The Morgan fingerprint density at radius 3 is 2.65 bits per heavy atom. The molecule has 0 spiro atoms. The summed E-state index contributed by atoms with van der Waals surface area (Å²) in [4.78, 5) is 36.5. The van der Waals surface area contributed by atoms with Gasteiger partial charge in [-0.15, -0.1) is 0 Å². The van der Waals surface area contributed by atoms with Crippen LogP contribution in [0.25, 0.3) is 17.1 Å². The van der Waals surface area contributed by atoms with Crippen LogP contribution in [0.5, 0.6) is 0 Å². The Labute approximate surface area is 214 Å². The lowest BCUT2D eigenvalue weighted by atomic mass is 10.0. The number of ether oxygens (including phenoxy) is 1. The van der Waals surface area contributed by atoms with Gasteiger partial charge in [0, 0.05) is 17.3 Å². The Morgan fingerprint density at radius 1 is 1.11 bits per heavy atom. The van der Waals surface area contributed by atoms with E-state index in [1.54, 1.807) is 28.8 Å². The van der Waals surface area contributed by atoms with E-state index in [4.69, 9.17) is 9.72 Å². The van der Waals surface area contributed by atoms with Gasteiger partial charge in [0.15, 0.2) is 11.5 Å². The zero-order chi connectivity index (χ0) is 25.5. The van der Waals surface area contributed by atoms with Gasteiger partial charge in [0.25, 0.3) is 0 Å². The molecule has 2 aliphatic rings. The minimum absolute atomic E-state index is 0.00769. The quantitative estimate of drug-likeness (QED) is 0.344. The number of anilines is 1. The summed E-state index contributed by atoms with van der Waals surface area (Å²) in [5.41, 5.74) is 5.98. The average Bonchev–Trinajstić information content (AvgIpc) is 3.62. The van der Waals surface area contributed by atoms with E-state index in [0.29, 0.717) is 42.8 Å². The Balaban J connectivity index is 1.27. The Hall–Kier alpha value is -4.33. The highest BCUT2D eigenvalue weighted by Gasteiger charge is 2.31. The third-order valence-corrected chi connectivity index (χ3v) is 6.80. The van der Waals surface area contributed by atoms with Crippen LogP contribution in [0.1, 0.15) is 58.6 Å². The lowest BCUT2D eigenvalue weighted by Crippen LogP contribution is -2.26. The smallest absolute Gasteiger partial charge is 0.357 e. The molecular weight excluding hydrogens is 466 g/mol. The second-order valence-electron chi connectivity index (χ2n) is 9.53. The van der Waals surface area contributed by atoms with Crippen molar-refractivity contribution in [1.29, 1.82) is 0 Å². The lowest BCUT2D eigenvalue weighted by molar-refractivity contribution is -0.117. The monoisotopic (exact) mass is 493 g/mol. The van der Waals surface area contributed by atoms with Gasteiger partial charge < -0.3 is 4.74 Å². The summed E-state index contributed by atoms with van der Waals surface area (Å²) in [5.74, 6) is 1.51. The van der Waals surface area contributed by atoms with Crippen LogP contribution in [0.4, 0.5) is 5.82 Å². The van der Waals surface area contributed by atoms with Gasteiger partial charge in [-0.1, -0.05) is 36.4 Å².